The quantitative estimate of drug-likeness (QED) is 0.185. The number of allylic oxidation sites excluding steroid dienone is 8. The fraction of sp³-hybridized carbons (Fsp3) is 0.298. The first kappa shape index (κ1) is 42.4. The number of benzene rings is 4. The van der Waals surface area contributed by atoms with Gasteiger partial charge in [-0.25, -0.2) is 0 Å². The monoisotopic (exact) mass is 880 g/mol. The molecule has 4 aliphatic carbocycles. The van der Waals surface area contributed by atoms with Crippen LogP contribution in [0.2, 0.25) is 0 Å². The summed E-state index contributed by atoms with van der Waals surface area (Å²) in [6.45, 7) is 13.5. The minimum Gasteiger partial charge on any atom is -1.00 e. The van der Waals surface area contributed by atoms with E-state index in [2.05, 4.69) is 96.2 Å². The van der Waals surface area contributed by atoms with E-state index in [0.29, 0.717) is 17.5 Å². The molecule has 0 N–H and O–H groups in total. The fourth-order valence-electron chi connectivity index (χ4n) is 8.95. The maximum absolute atomic E-state index is 13.9. The van der Waals surface area contributed by atoms with E-state index in [4.69, 9.17) is 0 Å². The Balaban J connectivity index is 0.00000266. The van der Waals surface area contributed by atoms with Gasteiger partial charge in [-0.1, -0.05) is 0 Å². The molecule has 0 bridgehead atoms. The van der Waals surface area contributed by atoms with Crippen LogP contribution in [0.3, 0.4) is 0 Å². The second-order valence-corrected chi connectivity index (χ2v) is 22.9. The number of halogens is 8. The van der Waals surface area contributed by atoms with Crippen LogP contribution in [0.4, 0.5) is 26.3 Å². The van der Waals surface area contributed by atoms with Crippen molar-refractivity contribution in [3.05, 3.63) is 162 Å². The third-order valence-electron chi connectivity index (χ3n) is 12.1. The zero-order valence-electron chi connectivity index (χ0n) is 32.0. The average molecular weight is 883 g/mol. The molecule has 4 aromatic rings. The van der Waals surface area contributed by atoms with Crippen molar-refractivity contribution in [1.29, 1.82) is 0 Å². The van der Waals surface area contributed by atoms with Gasteiger partial charge in [0.2, 0.25) is 0 Å². The van der Waals surface area contributed by atoms with Crippen molar-refractivity contribution in [2.75, 3.05) is 0 Å². The van der Waals surface area contributed by atoms with Crippen molar-refractivity contribution >= 4 is 14.4 Å². The fourth-order valence-corrected chi connectivity index (χ4v) is 17.9. The maximum Gasteiger partial charge on any atom is -1.00 e. The van der Waals surface area contributed by atoms with E-state index in [1.54, 1.807) is 0 Å². The molecule has 0 spiro atoms. The summed E-state index contributed by atoms with van der Waals surface area (Å²) in [6.07, 6.45) is 4.47. The van der Waals surface area contributed by atoms with Gasteiger partial charge in [0.15, 0.2) is 0 Å². The minimum atomic E-state index is -4.52. The van der Waals surface area contributed by atoms with Crippen LogP contribution in [0.15, 0.2) is 106 Å². The van der Waals surface area contributed by atoms with E-state index in [1.807, 2.05) is 0 Å². The van der Waals surface area contributed by atoms with E-state index < -0.39 is 44.7 Å². The molecule has 0 atom stereocenters. The summed E-state index contributed by atoms with van der Waals surface area (Å²) in [5, 5.41) is 0. The van der Waals surface area contributed by atoms with Crippen molar-refractivity contribution < 1.29 is 72.4 Å². The number of alkyl halides is 6. The maximum atomic E-state index is 13.9. The zero-order valence-corrected chi connectivity index (χ0v) is 36.0. The Morgan fingerprint density at radius 2 is 1.02 bits per heavy atom. The topological polar surface area (TPSA) is 0 Å². The molecule has 56 heavy (non-hydrogen) atoms. The third kappa shape index (κ3) is 7.24. The molecule has 0 fully saturated rings. The van der Waals surface area contributed by atoms with Crippen LogP contribution >= 0.6 is 0 Å². The number of rotatable bonds is 4. The molecule has 4 aromatic carbocycles. The summed E-state index contributed by atoms with van der Waals surface area (Å²) in [5.41, 5.74) is 11.9. The summed E-state index contributed by atoms with van der Waals surface area (Å²) in [4.78, 5) is 0. The van der Waals surface area contributed by atoms with E-state index in [1.165, 1.54) is 83.2 Å². The van der Waals surface area contributed by atoms with Crippen LogP contribution in [0, 0.1) is 0 Å². The van der Waals surface area contributed by atoms with Crippen LogP contribution in [0.5, 0.6) is 0 Å². The second-order valence-electron chi connectivity index (χ2n) is 16.6. The first-order valence-corrected chi connectivity index (χ1v) is 22.4. The molecule has 0 saturated heterocycles. The van der Waals surface area contributed by atoms with Crippen LogP contribution in [0.1, 0.15) is 120 Å². The molecule has 8 rings (SSSR count). The third-order valence-corrected chi connectivity index (χ3v) is 20.4. The predicted molar refractivity (Wildman–Crippen MR) is 204 cm³/mol. The van der Waals surface area contributed by atoms with Crippen LogP contribution in [-0.2, 0) is 44.4 Å². The van der Waals surface area contributed by atoms with Gasteiger partial charge in [0.25, 0.3) is 0 Å². The summed E-state index contributed by atoms with van der Waals surface area (Å²) in [7, 11) is 0. The number of hydrogen-bond donors (Lipinski definition) is 0. The van der Waals surface area contributed by atoms with E-state index in [-0.39, 0.29) is 39.3 Å². The van der Waals surface area contributed by atoms with Crippen molar-refractivity contribution in [2.45, 2.75) is 87.6 Å². The Hall–Kier alpha value is -3.25. The normalized spacial score (nSPS) is 17.4. The Morgan fingerprint density at radius 3 is 1.38 bits per heavy atom. The molecule has 0 heterocycles. The molecule has 0 aromatic heterocycles. The Morgan fingerprint density at radius 1 is 0.607 bits per heavy atom. The van der Waals surface area contributed by atoms with E-state index in [9.17, 15) is 26.3 Å². The molecule has 0 saturated carbocycles. The van der Waals surface area contributed by atoms with Gasteiger partial charge in [0.05, 0.1) is 0 Å². The van der Waals surface area contributed by atoms with Gasteiger partial charge in [-0.3, -0.25) is 0 Å². The first-order chi connectivity index (χ1) is 25.3. The van der Waals surface area contributed by atoms with Crippen molar-refractivity contribution in [3.63, 3.8) is 0 Å². The zero-order chi connectivity index (χ0) is 38.5. The van der Waals surface area contributed by atoms with Crippen LogP contribution < -0.4 is 24.8 Å². The van der Waals surface area contributed by atoms with Gasteiger partial charge in [0, 0.05) is 0 Å². The molecule has 0 amide bonds. The molecule has 9 heteroatoms. The molecule has 0 aliphatic heterocycles. The van der Waals surface area contributed by atoms with Crippen molar-refractivity contribution in [2.24, 2.45) is 0 Å². The first-order valence-electron chi connectivity index (χ1n) is 18.5. The minimum absolute atomic E-state index is 0. The Kier molecular flexibility index (Phi) is 11.2. The summed E-state index contributed by atoms with van der Waals surface area (Å²) < 4.78 is 85.6. The molecular weight excluding hydrogens is 841 g/mol. The van der Waals surface area contributed by atoms with Gasteiger partial charge in [-0.05, 0) is 0 Å². The van der Waals surface area contributed by atoms with Gasteiger partial charge < -0.3 is 24.8 Å². The molecule has 4 aliphatic rings. The van der Waals surface area contributed by atoms with Crippen molar-refractivity contribution in [1.82, 2.24) is 0 Å². The number of hydrogen-bond acceptors (Lipinski definition) is 0. The summed E-state index contributed by atoms with van der Waals surface area (Å²) in [5.74, 6) is 0. The SMILES string of the molecule is CC1=CCC(C)(C)c2cc3c(cc21)-c1cc2c(cc1[CH]3[Zr+2]([C]1=CC=CC1)=[C](c1ccc(C(F)(F)F)cc1)c1ccc(C(F)(F)F)cc1)C(C)(C)CC=C2C.[Cl-].[Cl-]. The second kappa shape index (κ2) is 14.8. The molecule has 0 radical (unpaired) electrons. The van der Waals surface area contributed by atoms with Gasteiger partial charge in [0.1, 0.15) is 0 Å². The van der Waals surface area contributed by atoms with Crippen LogP contribution in [0.25, 0.3) is 22.3 Å². The molecule has 0 unspecified atom stereocenters. The number of fused-ring (bicyclic) bond motifs is 5. The standard InChI is InChI=1S/C27H29.C15H8F6.C5H5.2ClH.Zr/c1-16-7-9-26(3,4)24-12-18-11-19-13-25-21(17(2)8-10-27(25,5)6)15-23(19)22(18)14-20(16)24;16-14(17,18)12-5-1-10(2-6-12)9-11-3-7-13(8-4-11)15(19,20)21;1-2-4-5-3-1;;;/h7-8,11-15H,9-10H2,1-6H3;1-8H;1-3H,4H2;2*1H;/q;;;;;+2/p-2. The van der Waals surface area contributed by atoms with Crippen molar-refractivity contribution in [3.8, 4) is 11.1 Å². The predicted octanol–water partition coefficient (Wildman–Crippen LogP) is 7.70. The summed E-state index contributed by atoms with van der Waals surface area (Å²) >= 11 is -3.47. The smallest absolute Gasteiger partial charge is 1.00 e. The largest absolute Gasteiger partial charge is 1.00 e. The van der Waals surface area contributed by atoms with Gasteiger partial charge in [-0.15, -0.1) is 0 Å². The molecular formula is C47H42Cl2F6Zr. The Bertz CT molecular complexity index is 2240. The molecule has 0 nitrogen and oxygen atoms in total. The van der Waals surface area contributed by atoms with Crippen LogP contribution in [-0.4, -0.2) is 3.21 Å². The molecule has 290 valence electrons. The van der Waals surface area contributed by atoms with Gasteiger partial charge in [-0.2, -0.15) is 0 Å². The van der Waals surface area contributed by atoms with Gasteiger partial charge >= 0.3 is 323 Å². The van der Waals surface area contributed by atoms with E-state index >= 15 is 0 Å². The Labute approximate surface area is 345 Å². The average Bonchev–Trinajstić information content (AvgIpc) is 3.76. The van der Waals surface area contributed by atoms with E-state index in [0.717, 1.165) is 40.3 Å². The summed E-state index contributed by atoms with van der Waals surface area (Å²) in [6, 6.07) is 20.1.